The van der Waals surface area contributed by atoms with Crippen molar-refractivity contribution in [2.45, 2.75) is 45.4 Å². The average Bonchev–Trinajstić information content (AvgIpc) is 3.24. The quantitative estimate of drug-likeness (QED) is 0.135. The lowest BCUT2D eigenvalue weighted by atomic mass is 9.91. The fourth-order valence-electron chi connectivity index (χ4n) is 3.92. The molecule has 2 aromatic rings. The number of azide groups is 1. The SMILES string of the molecule is COCCCOc1cc(COCC(N=[N+]=[N-])C2CC(C(C)C)C(=O)O2)ccc1-c1ccncc1. The van der Waals surface area contributed by atoms with Gasteiger partial charge in [0.2, 0.25) is 0 Å². The molecule has 1 saturated heterocycles. The lowest BCUT2D eigenvalue weighted by Gasteiger charge is -2.18. The number of carbonyl (C=O) groups excluding carboxylic acids is 1. The van der Waals surface area contributed by atoms with Crippen molar-refractivity contribution in [2.24, 2.45) is 17.0 Å². The van der Waals surface area contributed by atoms with Crippen molar-refractivity contribution in [3.05, 3.63) is 58.7 Å². The van der Waals surface area contributed by atoms with Crippen LogP contribution < -0.4 is 4.74 Å². The number of cyclic esters (lactones) is 1. The van der Waals surface area contributed by atoms with Crippen LogP contribution in [0.25, 0.3) is 21.6 Å². The summed E-state index contributed by atoms with van der Waals surface area (Å²) in [5, 5.41) is 3.83. The van der Waals surface area contributed by atoms with E-state index in [1.165, 1.54) is 0 Å². The molecule has 0 bridgehead atoms. The Kier molecular flexibility index (Phi) is 9.70. The Morgan fingerprint density at radius 3 is 2.71 bits per heavy atom. The maximum absolute atomic E-state index is 12.1. The predicted molar refractivity (Wildman–Crippen MR) is 127 cm³/mol. The van der Waals surface area contributed by atoms with E-state index in [9.17, 15) is 4.79 Å². The number of pyridine rings is 1. The van der Waals surface area contributed by atoms with Gasteiger partial charge in [0.1, 0.15) is 11.9 Å². The Morgan fingerprint density at radius 1 is 1.24 bits per heavy atom. The van der Waals surface area contributed by atoms with Crippen molar-refractivity contribution in [1.29, 1.82) is 0 Å². The molecule has 34 heavy (non-hydrogen) atoms. The minimum atomic E-state index is -0.571. The van der Waals surface area contributed by atoms with Crippen LogP contribution in [0, 0.1) is 11.8 Å². The van der Waals surface area contributed by atoms with Gasteiger partial charge in [0.05, 0.1) is 31.8 Å². The van der Waals surface area contributed by atoms with Gasteiger partial charge in [0, 0.05) is 43.0 Å². The molecule has 1 aliphatic rings. The topological polar surface area (TPSA) is 116 Å². The van der Waals surface area contributed by atoms with E-state index < -0.39 is 12.1 Å². The molecule has 0 N–H and O–H groups in total. The van der Waals surface area contributed by atoms with E-state index in [4.69, 9.17) is 24.5 Å². The van der Waals surface area contributed by atoms with E-state index in [1.54, 1.807) is 19.5 Å². The molecule has 1 fully saturated rings. The highest BCUT2D eigenvalue weighted by Crippen LogP contribution is 2.32. The van der Waals surface area contributed by atoms with Crippen molar-refractivity contribution in [3.63, 3.8) is 0 Å². The van der Waals surface area contributed by atoms with Gasteiger partial charge in [-0.2, -0.15) is 0 Å². The maximum Gasteiger partial charge on any atom is 0.309 e. The zero-order valence-electron chi connectivity index (χ0n) is 19.9. The third-order valence-corrected chi connectivity index (χ3v) is 5.84. The molecule has 0 amide bonds. The summed E-state index contributed by atoms with van der Waals surface area (Å²) in [5.41, 5.74) is 11.9. The number of rotatable bonds is 13. The van der Waals surface area contributed by atoms with Gasteiger partial charge < -0.3 is 18.9 Å². The van der Waals surface area contributed by atoms with Crippen molar-refractivity contribution < 1.29 is 23.7 Å². The standard InChI is InChI=1S/C25H32N4O5/c1-17(2)21-14-24(34-25(21)30)22(28-29-26)16-32-15-18-5-6-20(19-7-9-27-10-8-19)23(13-18)33-12-4-11-31-3/h5-10,13,17,21-22,24H,4,11-12,14-16H2,1-3H3. The van der Waals surface area contributed by atoms with Gasteiger partial charge >= 0.3 is 5.97 Å². The average molecular weight is 469 g/mol. The van der Waals surface area contributed by atoms with Gasteiger partial charge in [0.15, 0.2) is 0 Å². The summed E-state index contributed by atoms with van der Waals surface area (Å²) in [7, 11) is 1.67. The smallest absolute Gasteiger partial charge is 0.309 e. The second kappa shape index (κ2) is 12.9. The highest BCUT2D eigenvalue weighted by atomic mass is 16.6. The molecule has 2 heterocycles. The third-order valence-electron chi connectivity index (χ3n) is 5.84. The summed E-state index contributed by atoms with van der Waals surface area (Å²) in [6, 6.07) is 9.23. The number of ether oxygens (including phenoxy) is 4. The minimum absolute atomic E-state index is 0.156. The molecule has 9 nitrogen and oxygen atoms in total. The molecular formula is C25H32N4O5. The zero-order chi connectivity index (χ0) is 24.3. The van der Waals surface area contributed by atoms with Gasteiger partial charge in [-0.3, -0.25) is 9.78 Å². The molecule has 1 aromatic heterocycles. The Hall–Kier alpha value is -3.13. The first-order valence-electron chi connectivity index (χ1n) is 11.5. The Morgan fingerprint density at radius 2 is 2.03 bits per heavy atom. The summed E-state index contributed by atoms with van der Waals surface area (Å²) >= 11 is 0. The van der Waals surface area contributed by atoms with Crippen molar-refractivity contribution >= 4 is 5.97 Å². The third kappa shape index (κ3) is 6.93. The fraction of sp³-hybridized carbons (Fsp3) is 0.520. The van der Waals surface area contributed by atoms with Crippen LogP contribution in [-0.4, -0.2) is 50.0 Å². The van der Waals surface area contributed by atoms with E-state index >= 15 is 0 Å². The van der Waals surface area contributed by atoms with E-state index in [2.05, 4.69) is 15.0 Å². The molecular weight excluding hydrogens is 436 g/mol. The highest BCUT2D eigenvalue weighted by molar-refractivity contribution is 5.75. The number of benzene rings is 1. The minimum Gasteiger partial charge on any atom is -0.493 e. The van der Waals surface area contributed by atoms with E-state index in [0.717, 1.165) is 28.9 Å². The lowest BCUT2D eigenvalue weighted by molar-refractivity contribution is -0.146. The molecule has 1 aromatic carbocycles. The van der Waals surface area contributed by atoms with Crippen LogP contribution in [0.5, 0.6) is 5.75 Å². The monoisotopic (exact) mass is 468 g/mol. The number of aromatic nitrogens is 1. The van der Waals surface area contributed by atoms with Crippen LogP contribution >= 0.6 is 0 Å². The van der Waals surface area contributed by atoms with Crippen LogP contribution in [0.1, 0.15) is 32.3 Å². The first-order chi connectivity index (χ1) is 16.5. The first kappa shape index (κ1) is 25.5. The predicted octanol–water partition coefficient (Wildman–Crippen LogP) is 4.95. The first-order valence-corrected chi connectivity index (χ1v) is 11.5. The molecule has 0 radical (unpaired) electrons. The summed E-state index contributed by atoms with van der Waals surface area (Å²) in [5.74, 6) is 0.505. The molecule has 3 unspecified atom stereocenters. The summed E-state index contributed by atoms with van der Waals surface area (Å²) in [6.07, 6.45) is 4.33. The molecule has 3 rings (SSSR count). The second-order valence-electron chi connectivity index (χ2n) is 8.61. The summed E-state index contributed by atoms with van der Waals surface area (Å²) < 4.78 is 22.5. The normalized spacial score (nSPS) is 18.4. The highest BCUT2D eigenvalue weighted by Gasteiger charge is 2.40. The van der Waals surface area contributed by atoms with Gasteiger partial charge in [0.25, 0.3) is 0 Å². The number of hydrogen-bond donors (Lipinski definition) is 0. The van der Waals surface area contributed by atoms with Gasteiger partial charge in [-0.1, -0.05) is 31.1 Å². The van der Waals surface area contributed by atoms with Gasteiger partial charge in [-0.25, -0.2) is 0 Å². The van der Waals surface area contributed by atoms with E-state index in [-0.39, 0.29) is 24.4 Å². The van der Waals surface area contributed by atoms with Gasteiger partial charge in [-0.05, 0) is 47.2 Å². The van der Waals surface area contributed by atoms with Crippen molar-refractivity contribution in [3.8, 4) is 16.9 Å². The Bertz CT molecular complexity index is 979. The number of carbonyl (C=O) groups is 1. The molecule has 182 valence electrons. The molecule has 9 heteroatoms. The molecule has 0 aliphatic carbocycles. The van der Waals surface area contributed by atoms with Crippen LogP contribution in [0.15, 0.2) is 47.8 Å². The fourth-order valence-corrected chi connectivity index (χ4v) is 3.92. The summed E-state index contributed by atoms with van der Waals surface area (Å²) in [4.78, 5) is 19.1. The van der Waals surface area contributed by atoms with Crippen molar-refractivity contribution in [2.75, 3.05) is 26.9 Å². The van der Waals surface area contributed by atoms with Crippen LogP contribution in [0.4, 0.5) is 0 Å². The number of esters is 1. The van der Waals surface area contributed by atoms with Crippen LogP contribution in [-0.2, 0) is 25.6 Å². The number of methoxy groups -OCH3 is 1. The molecule has 3 atom stereocenters. The molecule has 0 spiro atoms. The largest absolute Gasteiger partial charge is 0.493 e. The van der Waals surface area contributed by atoms with E-state index in [1.807, 2.05) is 44.2 Å². The second-order valence-corrected chi connectivity index (χ2v) is 8.61. The Labute approximate surface area is 200 Å². The van der Waals surface area contributed by atoms with E-state index in [0.29, 0.717) is 26.2 Å². The van der Waals surface area contributed by atoms with Crippen LogP contribution in [0.3, 0.4) is 0 Å². The molecule has 1 aliphatic heterocycles. The maximum atomic E-state index is 12.1. The van der Waals surface area contributed by atoms with Crippen molar-refractivity contribution in [1.82, 2.24) is 4.98 Å². The van der Waals surface area contributed by atoms with Gasteiger partial charge in [-0.15, -0.1) is 0 Å². The molecule has 0 saturated carbocycles. The van der Waals surface area contributed by atoms with Crippen LogP contribution in [0.2, 0.25) is 0 Å². The number of nitrogens with zero attached hydrogens (tertiary/aromatic N) is 4. The number of hydrogen-bond acceptors (Lipinski definition) is 7. The zero-order valence-corrected chi connectivity index (χ0v) is 19.9. The Balaban J connectivity index is 1.66. The lowest BCUT2D eigenvalue weighted by Crippen LogP contribution is -2.28. The summed E-state index contributed by atoms with van der Waals surface area (Å²) in [6.45, 7) is 5.58.